The maximum Gasteiger partial charge on any atom is 0.339 e. The second kappa shape index (κ2) is 9.33. The molecule has 0 unspecified atom stereocenters. The quantitative estimate of drug-likeness (QED) is 0.479. The first kappa shape index (κ1) is 19.1. The second-order valence-electron chi connectivity index (χ2n) is 5.09. The Labute approximate surface area is 156 Å². The number of methoxy groups -OCH3 is 2. The fourth-order valence-corrected chi connectivity index (χ4v) is 2.28. The molecular weight excluding hydrogens is 352 g/mol. The van der Waals surface area contributed by atoms with Crippen LogP contribution in [0.3, 0.4) is 0 Å². The number of ether oxygens (including phenoxy) is 2. The molecule has 2 N–H and O–H groups in total. The molecule has 1 amide bonds. The Balaban J connectivity index is 1.96. The van der Waals surface area contributed by atoms with Crippen LogP contribution in [0.1, 0.15) is 15.9 Å². The van der Waals surface area contributed by atoms with Gasteiger partial charge in [-0.3, -0.25) is 10.1 Å². The molecule has 0 saturated carbocycles. The number of nitrogens with one attached hydrogen (secondary N) is 2. The number of benzene rings is 2. The van der Waals surface area contributed by atoms with E-state index < -0.39 is 11.9 Å². The summed E-state index contributed by atoms with van der Waals surface area (Å²) in [5, 5.41) is 5.42. The highest BCUT2D eigenvalue weighted by Gasteiger charge is 2.12. The van der Waals surface area contributed by atoms with Crippen molar-refractivity contribution in [3.63, 3.8) is 0 Å². The normalized spacial score (nSPS) is 10.2. The first-order chi connectivity index (χ1) is 12.5. The van der Waals surface area contributed by atoms with E-state index in [1.54, 1.807) is 49.6 Å². The highest BCUT2D eigenvalue weighted by Crippen LogP contribution is 2.16. The first-order valence-electron chi connectivity index (χ1n) is 7.65. The molecule has 6 nitrogen and oxygen atoms in total. The third kappa shape index (κ3) is 5.42. The zero-order valence-corrected chi connectivity index (χ0v) is 15.1. The Morgan fingerprint density at radius 2 is 1.73 bits per heavy atom. The van der Waals surface area contributed by atoms with Crippen molar-refractivity contribution in [2.24, 2.45) is 0 Å². The number of rotatable bonds is 5. The van der Waals surface area contributed by atoms with E-state index in [0.717, 1.165) is 11.3 Å². The van der Waals surface area contributed by atoms with Gasteiger partial charge in [0.25, 0.3) is 0 Å². The highest BCUT2D eigenvalue weighted by molar-refractivity contribution is 7.80. The lowest BCUT2D eigenvalue weighted by Gasteiger charge is -2.11. The standard InChI is InChI=1S/C19H18N2O4S/c1-24-14-10-7-13(8-11-14)9-12-17(22)21-19(26)20-16-6-4-3-5-15(16)18(23)25-2/h3-12H,1-2H3,(H2,20,21,22,26)/b12-9+. The molecular formula is C19H18N2O4S. The van der Waals surface area contributed by atoms with Crippen LogP contribution >= 0.6 is 12.2 Å². The maximum absolute atomic E-state index is 12.0. The highest BCUT2D eigenvalue weighted by atomic mass is 32.1. The summed E-state index contributed by atoms with van der Waals surface area (Å²) in [6.07, 6.45) is 3.02. The molecule has 0 heterocycles. The van der Waals surface area contributed by atoms with E-state index in [4.69, 9.17) is 21.7 Å². The molecule has 0 spiro atoms. The molecule has 0 aliphatic rings. The van der Waals surface area contributed by atoms with Crippen molar-refractivity contribution in [3.05, 3.63) is 65.7 Å². The number of carbonyl (C=O) groups excluding carboxylic acids is 2. The van der Waals surface area contributed by atoms with Crippen LogP contribution in [0.4, 0.5) is 5.69 Å². The van der Waals surface area contributed by atoms with Crippen LogP contribution in [0.5, 0.6) is 5.75 Å². The predicted octanol–water partition coefficient (Wildman–Crippen LogP) is 3.01. The average Bonchev–Trinajstić information content (AvgIpc) is 2.66. The molecule has 2 aromatic carbocycles. The van der Waals surface area contributed by atoms with Gasteiger partial charge >= 0.3 is 5.97 Å². The Hall–Kier alpha value is -3.19. The van der Waals surface area contributed by atoms with Gasteiger partial charge in [-0.15, -0.1) is 0 Å². The van der Waals surface area contributed by atoms with E-state index in [9.17, 15) is 9.59 Å². The van der Waals surface area contributed by atoms with Gasteiger partial charge in [0, 0.05) is 6.08 Å². The zero-order valence-electron chi connectivity index (χ0n) is 14.3. The number of thiocarbonyl (C=S) groups is 1. The van der Waals surface area contributed by atoms with Gasteiger partial charge < -0.3 is 14.8 Å². The minimum absolute atomic E-state index is 0.0748. The summed E-state index contributed by atoms with van der Waals surface area (Å²) in [5.41, 5.74) is 1.61. The van der Waals surface area contributed by atoms with E-state index in [-0.39, 0.29) is 5.11 Å². The van der Waals surface area contributed by atoms with Gasteiger partial charge in [-0.25, -0.2) is 4.79 Å². The Bertz CT molecular complexity index is 832. The number of amides is 1. The summed E-state index contributed by atoms with van der Waals surface area (Å²) >= 11 is 5.11. The summed E-state index contributed by atoms with van der Waals surface area (Å²) in [6.45, 7) is 0. The zero-order chi connectivity index (χ0) is 18.9. The molecule has 0 aliphatic heterocycles. The van der Waals surface area contributed by atoms with Crippen molar-refractivity contribution in [1.82, 2.24) is 5.32 Å². The fourth-order valence-electron chi connectivity index (χ4n) is 2.07. The van der Waals surface area contributed by atoms with Crippen molar-refractivity contribution in [2.45, 2.75) is 0 Å². The number of hydrogen-bond donors (Lipinski definition) is 2. The third-order valence-electron chi connectivity index (χ3n) is 3.36. The van der Waals surface area contributed by atoms with Crippen molar-refractivity contribution in [3.8, 4) is 5.75 Å². The van der Waals surface area contributed by atoms with Crippen molar-refractivity contribution in [1.29, 1.82) is 0 Å². The molecule has 7 heteroatoms. The molecule has 0 radical (unpaired) electrons. The number of para-hydroxylation sites is 1. The van der Waals surface area contributed by atoms with Crippen LogP contribution in [0.25, 0.3) is 6.08 Å². The van der Waals surface area contributed by atoms with Gasteiger partial charge in [0.15, 0.2) is 5.11 Å². The topological polar surface area (TPSA) is 76.7 Å². The largest absolute Gasteiger partial charge is 0.497 e. The van der Waals surface area contributed by atoms with Gasteiger partial charge in [0.1, 0.15) is 5.75 Å². The summed E-state index contributed by atoms with van der Waals surface area (Å²) < 4.78 is 9.79. The molecule has 0 fully saturated rings. The summed E-state index contributed by atoms with van der Waals surface area (Å²) in [5.74, 6) is -0.156. The second-order valence-corrected chi connectivity index (χ2v) is 5.50. The lowest BCUT2D eigenvalue weighted by Crippen LogP contribution is -2.33. The molecule has 0 saturated heterocycles. The fraction of sp³-hybridized carbons (Fsp3) is 0.105. The number of anilines is 1. The van der Waals surface area contributed by atoms with Gasteiger partial charge in [-0.05, 0) is 48.1 Å². The van der Waals surface area contributed by atoms with Crippen molar-refractivity contribution in [2.75, 3.05) is 19.5 Å². The molecule has 2 aromatic rings. The molecule has 134 valence electrons. The Morgan fingerprint density at radius 1 is 1.04 bits per heavy atom. The van der Waals surface area contributed by atoms with E-state index in [2.05, 4.69) is 10.6 Å². The van der Waals surface area contributed by atoms with Crippen LogP contribution < -0.4 is 15.4 Å². The Morgan fingerprint density at radius 3 is 2.38 bits per heavy atom. The van der Waals surface area contributed by atoms with E-state index in [0.29, 0.717) is 11.3 Å². The number of carbonyl (C=O) groups is 2. The number of esters is 1. The van der Waals surface area contributed by atoms with Crippen molar-refractivity contribution < 1.29 is 19.1 Å². The smallest absolute Gasteiger partial charge is 0.339 e. The van der Waals surface area contributed by atoms with Gasteiger partial charge in [0.05, 0.1) is 25.5 Å². The third-order valence-corrected chi connectivity index (χ3v) is 3.56. The van der Waals surface area contributed by atoms with Crippen molar-refractivity contribution >= 4 is 41.0 Å². The SMILES string of the molecule is COC(=O)c1ccccc1NC(=S)NC(=O)/C=C/c1ccc(OC)cc1. The molecule has 26 heavy (non-hydrogen) atoms. The minimum Gasteiger partial charge on any atom is -0.497 e. The van der Waals surface area contributed by atoms with Crippen LogP contribution in [0.15, 0.2) is 54.6 Å². The lowest BCUT2D eigenvalue weighted by molar-refractivity contribution is -0.115. The summed E-state index contributed by atoms with van der Waals surface area (Å²) in [7, 11) is 2.88. The Kier molecular flexibility index (Phi) is 6.87. The van der Waals surface area contributed by atoms with Gasteiger partial charge in [-0.1, -0.05) is 24.3 Å². The maximum atomic E-state index is 12.0. The average molecular weight is 370 g/mol. The van der Waals surface area contributed by atoms with Crippen LogP contribution in [0, 0.1) is 0 Å². The van der Waals surface area contributed by atoms with E-state index >= 15 is 0 Å². The van der Waals surface area contributed by atoms with Crippen LogP contribution in [-0.2, 0) is 9.53 Å². The van der Waals surface area contributed by atoms with Crippen LogP contribution in [0.2, 0.25) is 0 Å². The molecule has 0 aliphatic carbocycles. The lowest BCUT2D eigenvalue weighted by atomic mass is 10.2. The van der Waals surface area contributed by atoms with Gasteiger partial charge in [-0.2, -0.15) is 0 Å². The summed E-state index contributed by atoms with van der Waals surface area (Å²) in [4.78, 5) is 23.7. The molecule has 0 bridgehead atoms. The molecule has 0 aromatic heterocycles. The first-order valence-corrected chi connectivity index (χ1v) is 8.05. The number of hydrogen-bond acceptors (Lipinski definition) is 5. The van der Waals surface area contributed by atoms with E-state index in [1.165, 1.54) is 13.2 Å². The predicted molar refractivity (Wildman–Crippen MR) is 104 cm³/mol. The van der Waals surface area contributed by atoms with Crippen LogP contribution in [-0.4, -0.2) is 31.2 Å². The van der Waals surface area contributed by atoms with E-state index in [1.807, 2.05) is 12.1 Å². The molecule has 2 rings (SSSR count). The van der Waals surface area contributed by atoms with Gasteiger partial charge in [0.2, 0.25) is 5.91 Å². The molecule has 0 atom stereocenters. The minimum atomic E-state index is -0.498. The monoisotopic (exact) mass is 370 g/mol. The summed E-state index contributed by atoms with van der Waals surface area (Å²) in [6, 6.07) is 14.0.